The molecule has 0 aromatic carbocycles. The third-order valence-electron chi connectivity index (χ3n) is 1.20. The lowest BCUT2D eigenvalue weighted by atomic mass is 10.3. The fourth-order valence-electron chi connectivity index (χ4n) is 0.601. The molecular weight excluding hydrogens is 140 g/mol. The van der Waals surface area contributed by atoms with E-state index in [-0.39, 0.29) is 0 Å². The van der Waals surface area contributed by atoms with Gasteiger partial charge in [-0.3, -0.25) is 4.55 Å². The van der Waals surface area contributed by atoms with E-state index in [1.54, 1.807) is 0 Å². The van der Waals surface area contributed by atoms with Crippen molar-refractivity contribution in [3.63, 3.8) is 0 Å². The van der Waals surface area contributed by atoms with Gasteiger partial charge < -0.3 is 0 Å². The molecule has 54 valence electrons. The molecule has 0 aromatic rings. The highest BCUT2D eigenvalue weighted by molar-refractivity contribution is 7.99. The zero-order chi connectivity index (χ0) is 6.91. The normalized spacial score (nSPS) is 32.9. The van der Waals surface area contributed by atoms with Crippen molar-refractivity contribution >= 4 is 15.1 Å². The lowest BCUT2D eigenvalue weighted by molar-refractivity contribution is 0.492. The molecule has 0 saturated carbocycles. The Labute approximate surface area is 55.1 Å². The van der Waals surface area contributed by atoms with Crippen molar-refractivity contribution in [1.29, 1.82) is 0 Å². The molecule has 3 nitrogen and oxygen atoms in total. The van der Waals surface area contributed by atoms with E-state index < -0.39 is 10.1 Å². The van der Waals surface area contributed by atoms with Crippen LogP contribution < -0.4 is 0 Å². The van der Waals surface area contributed by atoms with Gasteiger partial charge in [-0.05, 0) is 6.42 Å². The smallest absolute Gasteiger partial charge is 0.234 e. The Bertz CT molecular complexity index is 212. The standard InChI is InChI=1S/C5H10O3S/c1-2-3-4-5-8-9(5,6)7/h2-4H2,1H3,(H,6,7). The highest BCUT2D eigenvalue weighted by Crippen LogP contribution is 2.16. The molecule has 0 fully saturated rings. The van der Waals surface area contributed by atoms with Gasteiger partial charge in [0, 0.05) is 6.42 Å². The predicted octanol–water partition coefficient (Wildman–Crippen LogP) is 1.01. The van der Waals surface area contributed by atoms with Crippen LogP contribution in [0.1, 0.15) is 26.2 Å². The van der Waals surface area contributed by atoms with Crippen LogP contribution in [0.25, 0.3) is 0 Å². The first kappa shape index (κ1) is 7.05. The Balaban J connectivity index is 2.34. The number of rotatable bonds is 3. The first-order valence-electron chi connectivity index (χ1n) is 2.98. The van der Waals surface area contributed by atoms with Crippen molar-refractivity contribution < 1.29 is 12.9 Å². The van der Waals surface area contributed by atoms with E-state index in [2.05, 4.69) is 4.18 Å². The number of hydrogen-bond acceptors (Lipinski definition) is 2. The summed E-state index contributed by atoms with van der Waals surface area (Å²) >= 11 is 0. The summed E-state index contributed by atoms with van der Waals surface area (Å²) in [5.74, 6) is 0. The van der Waals surface area contributed by atoms with E-state index >= 15 is 0 Å². The maximum absolute atomic E-state index is 10.4. The van der Waals surface area contributed by atoms with Crippen LogP contribution in [-0.4, -0.2) is 13.8 Å². The van der Waals surface area contributed by atoms with Gasteiger partial charge in [0.25, 0.3) is 0 Å². The van der Waals surface area contributed by atoms with Crippen LogP contribution in [0, 0.1) is 0 Å². The molecule has 1 N–H and O–H groups in total. The SMILES string of the molecule is CCCCC1=S(=O)(O)O1. The maximum Gasteiger partial charge on any atom is 0.234 e. The summed E-state index contributed by atoms with van der Waals surface area (Å²) in [5, 5.41) is 0.379. The largest absolute Gasteiger partial charge is 0.291 e. The summed E-state index contributed by atoms with van der Waals surface area (Å²) in [7, 11) is -2.86. The average Bonchev–Trinajstić information content (AvgIpc) is 2.35. The molecule has 4 heteroatoms. The molecule has 1 rings (SSSR count). The fourth-order valence-corrected chi connectivity index (χ4v) is 1.48. The molecule has 9 heavy (non-hydrogen) atoms. The van der Waals surface area contributed by atoms with Crippen LogP contribution in [0.4, 0.5) is 0 Å². The van der Waals surface area contributed by atoms with E-state index in [1.165, 1.54) is 0 Å². The van der Waals surface area contributed by atoms with E-state index in [0.717, 1.165) is 12.8 Å². The van der Waals surface area contributed by atoms with Crippen LogP contribution in [0.3, 0.4) is 0 Å². The van der Waals surface area contributed by atoms with Gasteiger partial charge in [-0.1, -0.05) is 13.3 Å². The third kappa shape index (κ3) is 1.67. The van der Waals surface area contributed by atoms with Gasteiger partial charge in [0.05, 0.1) is 0 Å². The Kier molecular flexibility index (Phi) is 1.79. The zero-order valence-electron chi connectivity index (χ0n) is 5.29. The summed E-state index contributed by atoms with van der Waals surface area (Å²) in [6.07, 6.45) is 2.61. The molecule has 0 aromatic heterocycles. The molecule has 1 aliphatic rings. The third-order valence-corrected chi connectivity index (χ3v) is 2.34. The van der Waals surface area contributed by atoms with E-state index in [0.29, 0.717) is 11.5 Å². The first-order chi connectivity index (χ1) is 4.17. The van der Waals surface area contributed by atoms with Gasteiger partial charge >= 0.3 is 0 Å². The topological polar surface area (TPSA) is 49.8 Å². The Morgan fingerprint density at radius 3 is 2.67 bits per heavy atom. The van der Waals surface area contributed by atoms with Gasteiger partial charge in [0.15, 0.2) is 5.05 Å². The van der Waals surface area contributed by atoms with Crippen molar-refractivity contribution in [1.82, 2.24) is 0 Å². The maximum atomic E-state index is 10.4. The molecular formula is C5H10O3S. The highest BCUT2D eigenvalue weighted by Gasteiger charge is 2.29. The van der Waals surface area contributed by atoms with Crippen LogP contribution in [0.15, 0.2) is 0 Å². The fraction of sp³-hybridized carbons (Fsp3) is 0.800. The van der Waals surface area contributed by atoms with Crippen molar-refractivity contribution in [2.45, 2.75) is 26.2 Å². The zero-order valence-corrected chi connectivity index (χ0v) is 6.11. The summed E-state index contributed by atoms with van der Waals surface area (Å²) < 4.78 is 23.4. The molecule has 0 saturated heterocycles. The molecule has 1 aliphatic heterocycles. The lowest BCUT2D eigenvalue weighted by Crippen LogP contribution is -1.80. The van der Waals surface area contributed by atoms with E-state index in [4.69, 9.17) is 4.55 Å². The molecule has 1 atom stereocenters. The molecule has 1 heterocycles. The Morgan fingerprint density at radius 2 is 2.33 bits per heavy atom. The van der Waals surface area contributed by atoms with Crippen LogP contribution >= 0.6 is 0 Å². The predicted molar refractivity (Wildman–Crippen MR) is 36.4 cm³/mol. The molecule has 1 unspecified atom stereocenters. The van der Waals surface area contributed by atoms with Crippen LogP contribution in [-0.2, 0) is 14.3 Å². The monoisotopic (exact) mass is 150 g/mol. The van der Waals surface area contributed by atoms with E-state index in [1.807, 2.05) is 6.92 Å². The number of unbranched alkanes of at least 4 members (excludes halogenated alkanes) is 1. The minimum Gasteiger partial charge on any atom is -0.291 e. The quantitative estimate of drug-likeness (QED) is 0.611. The minimum atomic E-state index is -2.86. The molecule has 0 amide bonds. The number of hydrogen-bond donors (Lipinski definition) is 1. The van der Waals surface area contributed by atoms with Crippen molar-refractivity contribution in [3.8, 4) is 0 Å². The van der Waals surface area contributed by atoms with E-state index in [9.17, 15) is 4.21 Å². The molecule has 0 aliphatic carbocycles. The van der Waals surface area contributed by atoms with Crippen LogP contribution in [0.5, 0.6) is 0 Å². The van der Waals surface area contributed by atoms with Crippen molar-refractivity contribution in [3.05, 3.63) is 0 Å². The second-order valence-corrected chi connectivity index (χ2v) is 3.61. The summed E-state index contributed by atoms with van der Waals surface area (Å²) in [4.78, 5) is 0. The van der Waals surface area contributed by atoms with Gasteiger partial charge in [-0.25, -0.2) is 8.39 Å². The van der Waals surface area contributed by atoms with Gasteiger partial charge in [-0.15, -0.1) is 0 Å². The average molecular weight is 150 g/mol. The second kappa shape index (κ2) is 2.28. The summed E-state index contributed by atoms with van der Waals surface area (Å²) in [6.45, 7) is 2.03. The highest BCUT2D eigenvalue weighted by atomic mass is 32.3. The summed E-state index contributed by atoms with van der Waals surface area (Å²) in [6, 6.07) is 0. The van der Waals surface area contributed by atoms with Gasteiger partial charge in [-0.2, -0.15) is 0 Å². The van der Waals surface area contributed by atoms with Gasteiger partial charge in [0.2, 0.25) is 10.1 Å². The Hall–Kier alpha value is -0.0600. The first-order valence-corrected chi connectivity index (χ1v) is 4.42. The lowest BCUT2D eigenvalue weighted by Gasteiger charge is -1.81. The van der Waals surface area contributed by atoms with Crippen LogP contribution in [0.2, 0.25) is 0 Å². The summed E-state index contributed by atoms with van der Waals surface area (Å²) in [5.41, 5.74) is 0. The molecule has 0 spiro atoms. The molecule has 0 bridgehead atoms. The molecule has 0 radical (unpaired) electrons. The van der Waals surface area contributed by atoms with Gasteiger partial charge in [0.1, 0.15) is 0 Å². The van der Waals surface area contributed by atoms with Crippen molar-refractivity contribution in [2.75, 3.05) is 0 Å². The minimum absolute atomic E-state index is 0.379. The Morgan fingerprint density at radius 1 is 1.78 bits per heavy atom. The van der Waals surface area contributed by atoms with Crippen molar-refractivity contribution in [2.24, 2.45) is 0 Å². The second-order valence-electron chi connectivity index (χ2n) is 2.03.